The summed E-state index contributed by atoms with van der Waals surface area (Å²) in [5, 5.41) is 25.2. The van der Waals surface area contributed by atoms with Crippen molar-refractivity contribution >= 4 is 35.1 Å². The van der Waals surface area contributed by atoms with Crippen LogP contribution in [0.5, 0.6) is 0 Å². The van der Waals surface area contributed by atoms with Crippen LogP contribution in [0.3, 0.4) is 0 Å². The smallest absolute Gasteiger partial charge is 0.331 e. The molecule has 9 heteroatoms. The second kappa shape index (κ2) is 11.6. The lowest BCUT2D eigenvalue weighted by atomic mass is 9.98. The normalized spacial score (nSPS) is 11.7. The third-order valence-corrected chi connectivity index (χ3v) is 5.78. The Balaban J connectivity index is 2.03. The lowest BCUT2D eigenvalue weighted by molar-refractivity contribution is -0.140. The highest BCUT2D eigenvalue weighted by Gasteiger charge is 2.28. The third-order valence-electron chi connectivity index (χ3n) is 4.77. The molecule has 2 rings (SSSR count). The molecule has 170 valence electrons. The Labute approximate surface area is 190 Å². The Morgan fingerprint density at radius 2 is 1.44 bits per heavy atom. The largest absolute Gasteiger partial charge is 0.394 e. The van der Waals surface area contributed by atoms with Crippen LogP contribution in [-0.2, 0) is 9.63 Å². The van der Waals surface area contributed by atoms with E-state index in [4.69, 9.17) is 0 Å². The van der Waals surface area contributed by atoms with Crippen molar-refractivity contribution in [1.82, 2.24) is 5.32 Å². The number of Topliss-reactive ketones (excluding diaryl/α,β-unsaturated/α-hetero) is 1. The predicted octanol–water partition coefficient (Wildman–Crippen LogP) is 2.82. The van der Waals surface area contributed by atoms with Gasteiger partial charge in [-0.15, -0.1) is 0 Å². The fourth-order valence-electron chi connectivity index (χ4n) is 2.62. The fraction of sp³-hybridized carbons (Fsp3) is 0.304. The molecule has 0 aliphatic rings. The van der Waals surface area contributed by atoms with Crippen LogP contribution < -0.4 is 5.32 Å². The number of ketones is 1. The van der Waals surface area contributed by atoms with Gasteiger partial charge in [0.25, 0.3) is 5.91 Å². The van der Waals surface area contributed by atoms with Crippen LogP contribution in [0.25, 0.3) is 0 Å². The van der Waals surface area contributed by atoms with Crippen molar-refractivity contribution in [1.29, 1.82) is 0 Å². The molecule has 0 radical (unpaired) electrons. The zero-order chi connectivity index (χ0) is 23.7. The lowest BCUT2D eigenvalue weighted by Crippen LogP contribution is -2.53. The van der Waals surface area contributed by atoms with E-state index in [-0.39, 0.29) is 30.6 Å². The van der Waals surface area contributed by atoms with Gasteiger partial charge in [-0.2, -0.15) is 0 Å². The lowest BCUT2D eigenvalue weighted by Gasteiger charge is -2.29. The Hall–Kier alpha value is -3.01. The number of carbonyl (C=O) groups excluding carboxylic acids is 3. The highest BCUT2D eigenvalue weighted by Crippen LogP contribution is 2.28. The van der Waals surface area contributed by atoms with E-state index in [0.717, 1.165) is 9.79 Å². The minimum absolute atomic E-state index is 0.0731. The average Bonchev–Trinajstić information content (AvgIpc) is 2.81. The first-order valence-electron chi connectivity index (χ1n) is 9.92. The van der Waals surface area contributed by atoms with E-state index in [9.17, 15) is 24.6 Å². The number of benzene rings is 2. The standard InChI is InChI=1S/C23H26N2O6S/c1-4-23(13-26,14-27)24-22(30)18-7-11-20(12-8-18)32-19-9-5-17(6-10-19)21(29)15(2)25-31-16(3)28/h5-12,26-27H,4,13-14H2,1-3H3,(H,24,30)/b25-15+. The molecule has 3 N–H and O–H groups in total. The third kappa shape index (κ3) is 6.74. The van der Waals surface area contributed by atoms with Gasteiger partial charge in [0, 0.05) is 27.8 Å². The molecular weight excluding hydrogens is 432 g/mol. The molecule has 0 aromatic heterocycles. The van der Waals surface area contributed by atoms with Crippen molar-refractivity contribution in [2.45, 2.75) is 42.5 Å². The molecule has 8 nitrogen and oxygen atoms in total. The highest BCUT2D eigenvalue weighted by molar-refractivity contribution is 7.99. The van der Waals surface area contributed by atoms with Gasteiger partial charge in [-0.25, -0.2) is 4.79 Å². The number of nitrogens with one attached hydrogen (secondary N) is 1. The van der Waals surface area contributed by atoms with Crippen LogP contribution in [-0.4, -0.2) is 52.3 Å². The number of hydrogen-bond acceptors (Lipinski definition) is 8. The summed E-state index contributed by atoms with van der Waals surface area (Å²) in [5.41, 5.74) is -0.145. The molecule has 0 atom stereocenters. The number of rotatable bonds is 10. The molecule has 0 saturated heterocycles. The molecule has 0 aliphatic carbocycles. The molecule has 0 unspecified atom stereocenters. The fourth-order valence-corrected chi connectivity index (χ4v) is 3.44. The van der Waals surface area contributed by atoms with Crippen LogP contribution in [0, 0.1) is 0 Å². The monoisotopic (exact) mass is 458 g/mol. The molecule has 2 aromatic rings. The van der Waals surface area contributed by atoms with Crippen molar-refractivity contribution in [2.75, 3.05) is 13.2 Å². The molecule has 32 heavy (non-hydrogen) atoms. The van der Waals surface area contributed by atoms with Crippen molar-refractivity contribution in [3.05, 3.63) is 59.7 Å². The van der Waals surface area contributed by atoms with Gasteiger partial charge < -0.3 is 20.4 Å². The summed E-state index contributed by atoms with van der Waals surface area (Å²) in [6.45, 7) is 3.74. The first kappa shape index (κ1) is 25.3. The Morgan fingerprint density at radius 3 is 1.88 bits per heavy atom. The van der Waals surface area contributed by atoms with Crippen LogP contribution in [0.1, 0.15) is 47.9 Å². The van der Waals surface area contributed by atoms with E-state index in [1.54, 1.807) is 55.5 Å². The highest BCUT2D eigenvalue weighted by atomic mass is 32.2. The number of aliphatic hydroxyl groups is 2. The van der Waals surface area contributed by atoms with Gasteiger partial charge in [0.15, 0.2) is 0 Å². The van der Waals surface area contributed by atoms with Gasteiger partial charge >= 0.3 is 5.97 Å². The maximum absolute atomic E-state index is 12.4. The summed E-state index contributed by atoms with van der Waals surface area (Å²) < 4.78 is 0. The first-order chi connectivity index (χ1) is 15.2. The minimum Gasteiger partial charge on any atom is -0.394 e. The first-order valence-corrected chi connectivity index (χ1v) is 10.7. The minimum atomic E-state index is -1.05. The topological polar surface area (TPSA) is 125 Å². The maximum atomic E-state index is 12.4. The molecule has 0 spiro atoms. The summed E-state index contributed by atoms with van der Waals surface area (Å²) in [6.07, 6.45) is 0.396. The molecule has 0 saturated carbocycles. The summed E-state index contributed by atoms with van der Waals surface area (Å²) in [6, 6.07) is 13.8. The summed E-state index contributed by atoms with van der Waals surface area (Å²) in [4.78, 5) is 41.8. The zero-order valence-corrected chi connectivity index (χ0v) is 18.9. The molecule has 2 aromatic carbocycles. The van der Waals surface area contributed by atoms with E-state index in [1.165, 1.54) is 25.6 Å². The molecular formula is C23H26N2O6S. The quantitative estimate of drug-likeness (QED) is 0.216. The van der Waals surface area contributed by atoms with Crippen molar-refractivity contribution in [3.63, 3.8) is 0 Å². The zero-order valence-electron chi connectivity index (χ0n) is 18.1. The summed E-state index contributed by atoms with van der Waals surface area (Å²) in [7, 11) is 0. The maximum Gasteiger partial charge on any atom is 0.331 e. The number of oxime groups is 1. The average molecular weight is 459 g/mol. The van der Waals surface area contributed by atoms with E-state index < -0.39 is 11.5 Å². The second-order valence-corrected chi connectivity index (χ2v) is 8.29. The van der Waals surface area contributed by atoms with Crippen LogP contribution in [0.2, 0.25) is 0 Å². The molecule has 0 bridgehead atoms. The van der Waals surface area contributed by atoms with Gasteiger partial charge in [-0.1, -0.05) is 23.8 Å². The Morgan fingerprint density at radius 1 is 0.938 bits per heavy atom. The van der Waals surface area contributed by atoms with Gasteiger partial charge in [0.1, 0.15) is 5.71 Å². The predicted molar refractivity (Wildman–Crippen MR) is 121 cm³/mol. The van der Waals surface area contributed by atoms with E-state index in [0.29, 0.717) is 17.5 Å². The number of hydrogen-bond donors (Lipinski definition) is 3. The number of carbonyl (C=O) groups is 3. The molecule has 1 amide bonds. The SMILES string of the molecule is CCC(CO)(CO)NC(=O)c1ccc(Sc2ccc(C(=O)/C(C)=N/OC(C)=O)cc2)cc1. The van der Waals surface area contributed by atoms with Gasteiger partial charge in [-0.05, 0) is 61.9 Å². The van der Waals surface area contributed by atoms with Gasteiger partial charge in [0.2, 0.25) is 5.78 Å². The molecule has 0 fully saturated rings. The number of nitrogens with zero attached hydrogens (tertiary/aromatic N) is 1. The van der Waals surface area contributed by atoms with Crippen molar-refractivity contribution < 1.29 is 29.4 Å². The van der Waals surface area contributed by atoms with Crippen molar-refractivity contribution in [3.8, 4) is 0 Å². The number of amides is 1. The van der Waals surface area contributed by atoms with Crippen molar-refractivity contribution in [2.24, 2.45) is 5.16 Å². The van der Waals surface area contributed by atoms with E-state index >= 15 is 0 Å². The molecule has 0 heterocycles. The summed E-state index contributed by atoms with van der Waals surface area (Å²) in [5.74, 6) is -1.31. The Kier molecular flexibility index (Phi) is 9.13. The van der Waals surface area contributed by atoms with Crippen LogP contribution in [0.15, 0.2) is 63.5 Å². The van der Waals surface area contributed by atoms with Gasteiger partial charge in [-0.3, -0.25) is 9.59 Å². The van der Waals surface area contributed by atoms with Crippen LogP contribution >= 0.6 is 11.8 Å². The Bertz CT molecular complexity index is 974. The molecule has 0 aliphatic heterocycles. The van der Waals surface area contributed by atoms with E-state index in [2.05, 4.69) is 15.3 Å². The van der Waals surface area contributed by atoms with Crippen LogP contribution in [0.4, 0.5) is 0 Å². The number of aliphatic hydroxyl groups excluding tert-OH is 2. The summed E-state index contributed by atoms with van der Waals surface area (Å²) >= 11 is 1.46. The second-order valence-electron chi connectivity index (χ2n) is 7.14. The van der Waals surface area contributed by atoms with Gasteiger partial charge in [0.05, 0.1) is 18.8 Å². The van der Waals surface area contributed by atoms with E-state index in [1.807, 2.05) is 0 Å².